The second kappa shape index (κ2) is 6.97. The van der Waals surface area contributed by atoms with Crippen molar-refractivity contribution in [3.8, 4) is 11.8 Å². The van der Waals surface area contributed by atoms with E-state index in [4.69, 9.17) is 4.74 Å². The molecule has 0 amide bonds. The molecule has 1 heterocycles. The Balaban J connectivity index is 2.76. The molecule has 1 rings (SSSR count). The summed E-state index contributed by atoms with van der Waals surface area (Å²) in [7, 11) is 0. The van der Waals surface area contributed by atoms with Crippen molar-refractivity contribution in [1.82, 2.24) is 4.57 Å². The fourth-order valence-electron chi connectivity index (χ4n) is 2.58. The largest absolute Gasteiger partial charge is 0.494 e. The standard InChI is InChI=1S/C16H29NO3S/c1-7-8-16(4,5)20-10-9-15(2,3)17-13(18)11-12(21-6)14(17)19/h11,18-19H,7-10H2,1-6H3. The number of hydrogen-bond acceptors (Lipinski definition) is 4. The highest BCUT2D eigenvalue weighted by Crippen LogP contribution is 2.40. The van der Waals surface area contributed by atoms with Gasteiger partial charge in [0.25, 0.3) is 0 Å². The molecule has 4 nitrogen and oxygen atoms in total. The van der Waals surface area contributed by atoms with Crippen LogP contribution in [0.15, 0.2) is 11.0 Å². The van der Waals surface area contributed by atoms with Gasteiger partial charge >= 0.3 is 0 Å². The van der Waals surface area contributed by atoms with Crippen LogP contribution >= 0.6 is 11.8 Å². The molecule has 0 saturated carbocycles. The fraction of sp³-hybridized carbons (Fsp3) is 0.750. The van der Waals surface area contributed by atoms with Crippen LogP contribution in [0.4, 0.5) is 0 Å². The molecule has 0 saturated heterocycles. The van der Waals surface area contributed by atoms with E-state index in [-0.39, 0.29) is 17.4 Å². The summed E-state index contributed by atoms with van der Waals surface area (Å²) >= 11 is 1.42. The van der Waals surface area contributed by atoms with Gasteiger partial charge in [0.15, 0.2) is 5.88 Å². The van der Waals surface area contributed by atoms with Crippen molar-refractivity contribution >= 4 is 11.8 Å². The van der Waals surface area contributed by atoms with E-state index in [1.165, 1.54) is 11.8 Å². The second-order valence-electron chi connectivity index (χ2n) is 6.65. The van der Waals surface area contributed by atoms with Crippen molar-refractivity contribution < 1.29 is 14.9 Å². The maximum Gasteiger partial charge on any atom is 0.208 e. The third-order valence-electron chi connectivity index (χ3n) is 3.81. The van der Waals surface area contributed by atoms with Crippen LogP contribution in [0.25, 0.3) is 0 Å². The van der Waals surface area contributed by atoms with Crippen molar-refractivity contribution in [1.29, 1.82) is 0 Å². The predicted molar refractivity (Wildman–Crippen MR) is 88.4 cm³/mol. The molecule has 0 aliphatic carbocycles. The highest BCUT2D eigenvalue weighted by atomic mass is 32.2. The number of thioether (sulfide) groups is 1. The fourth-order valence-corrected chi connectivity index (χ4v) is 3.07. The number of nitrogens with zero attached hydrogens (tertiary/aromatic N) is 1. The first-order valence-electron chi connectivity index (χ1n) is 7.46. The molecule has 0 unspecified atom stereocenters. The van der Waals surface area contributed by atoms with Gasteiger partial charge in [-0.25, -0.2) is 0 Å². The normalized spacial score (nSPS) is 12.9. The van der Waals surface area contributed by atoms with Gasteiger partial charge in [-0.3, -0.25) is 4.57 Å². The Hall–Kier alpha value is -0.810. The molecule has 122 valence electrons. The monoisotopic (exact) mass is 315 g/mol. The lowest BCUT2D eigenvalue weighted by atomic mass is 9.99. The van der Waals surface area contributed by atoms with E-state index < -0.39 is 5.54 Å². The maximum atomic E-state index is 10.2. The molecule has 1 aromatic heterocycles. The van der Waals surface area contributed by atoms with Crippen LogP contribution in [0.1, 0.15) is 53.9 Å². The zero-order valence-electron chi connectivity index (χ0n) is 14.1. The van der Waals surface area contributed by atoms with Gasteiger partial charge in [0, 0.05) is 18.2 Å². The first-order valence-corrected chi connectivity index (χ1v) is 8.69. The van der Waals surface area contributed by atoms with Crippen molar-refractivity contribution in [2.75, 3.05) is 12.9 Å². The molecule has 0 aliphatic heterocycles. The zero-order chi connectivity index (χ0) is 16.3. The third kappa shape index (κ3) is 4.58. The van der Waals surface area contributed by atoms with E-state index in [1.54, 1.807) is 10.6 Å². The van der Waals surface area contributed by atoms with Gasteiger partial charge in [0.05, 0.1) is 10.5 Å². The molecule has 1 aromatic rings. The summed E-state index contributed by atoms with van der Waals surface area (Å²) in [6, 6.07) is 1.60. The van der Waals surface area contributed by atoms with Crippen molar-refractivity contribution in [2.24, 2.45) is 0 Å². The summed E-state index contributed by atoms with van der Waals surface area (Å²) in [6.45, 7) is 10.9. The lowest BCUT2D eigenvalue weighted by Gasteiger charge is -2.31. The van der Waals surface area contributed by atoms with Crippen LogP contribution in [0, 0.1) is 0 Å². The number of aromatic nitrogens is 1. The van der Waals surface area contributed by atoms with Crippen LogP contribution in [0.5, 0.6) is 11.8 Å². The summed E-state index contributed by atoms with van der Waals surface area (Å²) in [4.78, 5) is 0.688. The van der Waals surface area contributed by atoms with Crippen LogP contribution in [0.3, 0.4) is 0 Å². The lowest BCUT2D eigenvalue weighted by molar-refractivity contribution is -0.0342. The first-order chi connectivity index (χ1) is 9.64. The third-order valence-corrected chi connectivity index (χ3v) is 4.55. The minimum atomic E-state index is -0.412. The molecule has 0 spiro atoms. The Morgan fingerprint density at radius 3 is 2.29 bits per heavy atom. The molecular formula is C16H29NO3S. The van der Waals surface area contributed by atoms with Crippen molar-refractivity contribution in [3.05, 3.63) is 6.07 Å². The number of aromatic hydroxyl groups is 2. The average Bonchev–Trinajstić information content (AvgIpc) is 2.63. The number of rotatable bonds is 8. The SMILES string of the molecule is CCCC(C)(C)OCCC(C)(C)n1c(O)cc(SC)c1O. The topological polar surface area (TPSA) is 54.6 Å². The van der Waals surface area contributed by atoms with E-state index in [2.05, 4.69) is 20.8 Å². The van der Waals surface area contributed by atoms with Gasteiger partial charge in [0.1, 0.15) is 0 Å². The molecule has 0 radical (unpaired) electrons. The average molecular weight is 315 g/mol. The highest BCUT2D eigenvalue weighted by Gasteiger charge is 2.28. The summed E-state index contributed by atoms with van der Waals surface area (Å²) < 4.78 is 7.54. The minimum absolute atomic E-state index is 0.0923. The van der Waals surface area contributed by atoms with Gasteiger partial charge < -0.3 is 14.9 Å². The van der Waals surface area contributed by atoms with E-state index in [0.29, 0.717) is 17.9 Å². The molecule has 21 heavy (non-hydrogen) atoms. The van der Waals surface area contributed by atoms with Gasteiger partial charge in [0.2, 0.25) is 5.88 Å². The summed E-state index contributed by atoms with van der Waals surface area (Å²) in [6.07, 6.45) is 4.70. The van der Waals surface area contributed by atoms with Crippen molar-refractivity contribution in [2.45, 2.75) is 69.9 Å². The first kappa shape index (κ1) is 18.2. The van der Waals surface area contributed by atoms with E-state index >= 15 is 0 Å². The molecule has 0 aromatic carbocycles. The van der Waals surface area contributed by atoms with Gasteiger partial charge in [-0.05, 0) is 46.8 Å². The molecule has 5 heteroatoms. The molecule has 2 N–H and O–H groups in total. The second-order valence-corrected chi connectivity index (χ2v) is 7.50. The molecule has 0 bridgehead atoms. The number of hydrogen-bond donors (Lipinski definition) is 2. The summed E-state index contributed by atoms with van der Waals surface area (Å²) in [5.41, 5.74) is -0.541. The van der Waals surface area contributed by atoms with E-state index in [1.807, 2.05) is 20.1 Å². The molecule has 0 fully saturated rings. The molecular weight excluding hydrogens is 286 g/mol. The lowest BCUT2D eigenvalue weighted by Crippen LogP contribution is -2.31. The van der Waals surface area contributed by atoms with Crippen LogP contribution in [-0.2, 0) is 10.3 Å². The maximum absolute atomic E-state index is 10.2. The van der Waals surface area contributed by atoms with Crippen molar-refractivity contribution in [3.63, 3.8) is 0 Å². The van der Waals surface area contributed by atoms with Gasteiger partial charge in [-0.1, -0.05) is 13.3 Å². The number of ether oxygens (including phenoxy) is 1. The van der Waals surface area contributed by atoms with Gasteiger partial charge in [-0.2, -0.15) is 0 Å². The smallest absolute Gasteiger partial charge is 0.208 e. The highest BCUT2D eigenvalue weighted by molar-refractivity contribution is 7.98. The van der Waals surface area contributed by atoms with E-state index in [0.717, 1.165) is 12.8 Å². The Labute approximate surface area is 132 Å². The molecule has 0 aliphatic rings. The van der Waals surface area contributed by atoms with Crippen LogP contribution in [0.2, 0.25) is 0 Å². The quantitative estimate of drug-likeness (QED) is 0.701. The zero-order valence-corrected chi connectivity index (χ0v) is 14.9. The Morgan fingerprint density at radius 2 is 1.81 bits per heavy atom. The minimum Gasteiger partial charge on any atom is -0.494 e. The Kier molecular flexibility index (Phi) is 6.05. The van der Waals surface area contributed by atoms with Crippen LogP contribution < -0.4 is 0 Å². The Morgan fingerprint density at radius 1 is 1.19 bits per heavy atom. The van der Waals surface area contributed by atoms with Crippen LogP contribution in [-0.4, -0.2) is 33.2 Å². The van der Waals surface area contributed by atoms with Gasteiger partial charge in [-0.15, -0.1) is 11.8 Å². The Bertz CT molecular complexity index is 466. The predicted octanol–water partition coefficient (Wildman–Crippen LogP) is 4.34. The summed E-state index contributed by atoms with van der Waals surface area (Å²) in [5.74, 6) is 0.215. The summed E-state index contributed by atoms with van der Waals surface area (Å²) in [5, 5.41) is 20.3. The molecule has 0 atom stereocenters. The van der Waals surface area contributed by atoms with E-state index in [9.17, 15) is 10.2 Å².